The van der Waals surface area contributed by atoms with Gasteiger partial charge in [0.1, 0.15) is 6.79 Å². The molecule has 0 rings (SSSR count). The highest BCUT2D eigenvalue weighted by Crippen LogP contribution is 2.00. The van der Waals surface area contributed by atoms with Crippen LogP contribution in [0.25, 0.3) is 0 Å². The monoisotopic (exact) mass is 289 g/mol. The van der Waals surface area contributed by atoms with E-state index >= 15 is 0 Å². The maximum atomic E-state index is 8.00. The molecule has 0 aliphatic heterocycles. The molecule has 0 heterocycles. The largest absolute Gasteiger partial charge is 0.307 e. The van der Waals surface area contributed by atoms with Gasteiger partial charge in [0.05, 0.1) is 0 Å². The van der Waals surface area contributed by atoms with Gasteiger partial charge in [-0.3, -0.25) is 0 Å². The van der Waals surface area contributed by atoms with Gasteiger partial charge in [0.2, 0.25) is 0 Å². The smallest absolute Gasteiger partial charge is 0.106 e. The summed E-state index contributed by atoms with van der Waals surface area (Å²) in [4.78, 5) is 10.4. The van der Waals surface area contributed by atoms with Gasteiger partial charge in [-0.1, -0.05) is 73.6 Å². The Kier molecular flexibility index (Phi) is 43.5. The van der Waals surface area contributed by atoms with Crippen molar-refractivity contribution in [3.8, 4) is 0 Å². The summed E-state index contributed by atoms with van der Waals surface area (Å²) in [7, 11) is 2.19. The molecule has 0 bridgehead atoms. The van der Waals surface area contributed by atoms with Crippen LogP contribution in [-0.2, 0) is 4.79 Å². The van der Waals surface area contributed by atoms with E-state index in [1.807, 2.05) is 20.6 Å². The molecule has 2 nitrogen and oxygen atoms in total. The third-order valence-electron chi connectivity index (χ3n) is 3.13. The molecule has 0 aromatic rings. The third-order valence-corrected chi connectivity index (χ3v) is 3.13. The quantitative estimate of drug-likeness (QED) is 0.515. The minimum absolute atomic E-state index is 0.755. The molecular weight excluding hydrogens is 246 g/mol. The number of carbonyl (C=O) groups excluding carboxylic acids is 1. The van der Waals surface area contributed by atoms with Crippen LogP contribution < -0.4 is 0 Å². The van der Waals surface area contributed by atoms with Gasteiger partial charge in [0, 0.05) is 6.04 Å². The number of rotatable bonds is 8. The summed E-state index contributed by atoms with van der Waals surface area (Å²) >= 11 is 0. The normalized spacial score (nSPS) is 10.2. The average molecular weight is 290 g/mol. The molecule has 0 aromatic carbocycles. The molecule has 0 saturated heterocycles. The second-order valence-corrected chi connectivity index (χ2v) is 4.80. The lowest BCUT2D eigenvalue weighted by atomic mass is 10.2. The van der Waals surface area contributed by atoms with Crippen molar-refractivity contribution < 1.29 is 4.79 Å². The summed E-state index contributed by atoms with van der Waals surface area (Å²) in [6.45, 7) is 18.5. The zero-order valence-electron chi connectivity index (χ0n) is 15.8. The molecule has 20 heavy (non-hydrogen) atoms. The van der Waals surface area contributed by atoms with E-state index in [-0.39, 0.29) is 0 Å². The van der Waals surface area contributed by atoms with Crippen LogP contribution in [0, 0.1) is 0 Å². The Balaban J connectivity index is -0.000000104. The first-order valence-corrected chi connectivity index (χ1v) is 8.62. The predicted octanol–water partition coefficient (Wildman–Crippen LogP) is 5.94. The van der Waals surface area contributed by atoms with Crippen molar-refractivity contribution in [3.63, 3.8) is 0 Å². The molecule has 0 amide bonds. The van der Waals surface area contributed by atoms with Gasteiger partial charge in [0.15, 0.2) is 0 Å². The van der Waals surface area contributed by atoms with Crippen LogP contribution in [0.5, 0.6) is 0 Å². The molecule has 0 aliphatic rings. The molecule has 1 atom stereocenters. The Morgan fingerprint density at radius 2 is 1.25 bits per heavy atom. The minimum Gasteiger partial charge on any atom is -0.307 e. The standard InChI is InChI=1S/C8H19N.C7H16.C2H6.CH2O/c1-5-7-9(4)8(3)6-2;1-3-5-7-6-4-2;2*1-2/h8H,5-7H2,1-4H3;3-7H2,1-2H3;1-2H3;1H2. The first kappa shape index (κ1) is 27.9. The first-order chi connectivity index (χ1) is 9.63. The lowest BCUT2D eigenvalue weighted by Crippen LogP contribution is -2.28. The highest BCUT2D eigenvalue weighted by Gasteiger charge is 2.02. The average Bonchev–Trinajstić information content (AvgIpc) is 2.52. The van der Waals surface area contributed by atoms with Crippen LogP contribution in [0.1, 0.15) is 93.4 Å². The van der Waals surface area contributed by atoms with Gasteiger partial charge in [-0.25, -0.2) is 0 Å². The van der Waals surface area contributed by atoms with Crippen molar-refractivity contribution in [3.05, 3.63) is 0 Å². The number of hydrogen-bond acceptors (Lipinski definition) is 2. The van der Waals surface area contributed by atoms with Crippen molar-refractivity contribution >= 4 is 6.79 Å². The van der Waals surface area contributed by atoms with Crippen molar-refractivity contribution in [2.24, 2.45) is 0 Å². The van der Waals surface area contributed by atoms with Crippen molar-refractivity contribution in [2.75, 3.05) is 13.6 Å². The molecule has 0 aromatic heterocycles. The molecule has 1 unspecified atom stereocenters. The number of nitrogens with zero attached hydrogens (tertiary/aromatic N) is 1. The van der Waals surface area contributed by atoms with Gasteiger partial charge in [-0.2, -0.15) is 0 Å². The van der Waals surface area contributed by atoms with Gasteiger partial charge in [0.25, 0.3) is 0 Å². The van der Waals surface area contributed by atoms with E-state index in [1.165, 1.54) is 51.5 Å². The maximum Gasteiger partial charge on any atom is 0.106 e. The number of hydrogen-bond donors (Lipinski definition) is 0. The van der Waals surface area contributed by atoms with Crippen LogP contribution >= 0.6 is 0 Å². The molecule has 2 heteroatoms. The highest BCUT2D eigenvalue weighted by atomic mass is 16.1. The minimum atomic E-state index is 0.755. The second-order valence-electron chi connectivity index (χ2n) is 4.80. The van der Waals surface area contributed by atoms with Crippen molar-refractivity contribution in [2.45, 2.75) is 99.5 Å². The molecule has 0 fully saturated rings. The van der Waals surface area contributed by atoms with E-state index in [0.29, 0.717) is 0 Å². The van der Waals surface area contributed by atoms with E-state index in [1.54, 1.807) is 0 Å². The van der Waals surface area contributed by atoms with Crippen LogP contribution in [0.3, 0.4) is 0 Å². The highest BCUT2D eigenvalue weighted by molar-refractivity contribution is 5.10. The Morgan fingerprint density at radius 1 is 0.850 bits per heavy atom. The summed E-state index contributed by atoms with van der Waals surface area (Å²) in [6.07, 6.45) is 9.53. The molecule has 126 valence electrons. The molecular formula is C18H43NO. The predicted molar refractivity (Wildman–Crippen MR) is 95.6 cm³/mol. The Morgan fingerprint density at radius 3 is 1.50 bits per heavy atom. The summed E-state index contributed by atoms with van der Waals surface area (Å²) in [5.74, 6) is 0. The number of unbranched alkanes of at least 4 members (excludes halogenated alkanes) is 4. The van der Waals surface area contributed by atoms with E-state index in [0.717, 1.165) is 6.04 Å². The zero-order valence-corrected chi connectivity index (χ0v) is 15.8. The molecule has 0 spiro atoms. The van der Waals surface area contributed by atoms with Gasteiger partial charge in [-0.05, 0) is 33.4 Å². The van der Waals surface area contributed by atoms with Crippen LogP contribution in [-0.4, -0.2) is 31.3 Å². The van der Waals surface area contributed by atoms with Crippen LogP contribution in [0.15, 0.2) is 0 Å². The van der Waals surface area contributed by atoms with E-state index in [4.69, 9.17) is 4.79 Å². The Bertz CT molecular complexity index is 125. The summed E-state index contributed by atoms with van der Waals surface area (Å²) in [5, 5.41) is 0. The molecule has 0 aliphatic carbocycles. The van der Waals surface area contributed by atoms with Gasteiger partial charge >= 0.3 is 0 Å². The molecule has 0 N–H and O–H groups in total. The van der Waals surface area contributed by atoms with Gasteiger partial charge in [-0.15, -0.1) is 0 Å². The summed E-state index contributed by atoms with van der Waals surface area (Å²) in [6, 6.07) is 0.755. The second kappa shape index (κ2) is 31.2. The van der Waals surface area contributed by atoms with Crippen molar-refractivity contribution in [1.82, 2.24) is 4.90 Å². The van der Waals surface area contributed by atoms with E-state index in [9.17, 15) is 0 Å². The lowest BCUT2D eigenvalue weighted by Gasteiger charge is -2.22. The fraction of sp³-hybridized carbons (Fsp3) is 0.944. The first-order valence-electron chi connectivity index (χ1n) is 8.62. The van der Waals surface area contributed by atoms with Gasteiger partial charge < -0.3 is 9.69 Å². The van der Waals surface area contributed by atoms with Crippen LogP contribution in [0.2, 0.25) is 0 Å². The molecule has 0 saturated carbocycles. The molecule has 0 radical (unpaired) electrons. The van der Waals surface area contributed by atoms with E-state index < -0.39 is 0 Å². The topological polar surface area (TPSA) is 20.3 Å². The van der Waals surface area contributed by atoms with E-state index in [2.05, 4.69) is 46.6 Å². The zero-order chi connectivity index (χ0) is 16.8. The fourth-order valence-corrected chi connectivity index (χ4v) is 1.56. The Hall–Kier alpha value is -0.370. The maximum absolute atomic E-state index is 8.00. The summed E-state index contributed by atoms with van der Waals surface area (Å²) in [5.41, 5.74) is 0. The summed E-state index contributed by atoms with van der Waals surface area (Å²) < 4.78 is 0. The van der Waals surface area contributed by atoms with Crippen LogP contribution in [0.4, 0.5) is 0 Å². The fourth-order valence-electron chi connectivity index (χ4n) is 1.56. The van der Waals surface area contributed by atoms with Crippen molar-refractivity contribution in [1.29, 1.82) is 0 Å². The Labute approximate surface area is 130 Å². The lowest BCUT2D eigenvalue weighted by molar-refractivity contribution is -0.0979. The third kappa shape index (κ3) is 30.6. The SMILES string of the molecule is C=O.CC.CCCCCCC.CCCN(C)C(C)CC. The number of carbonyl (C=O) groups is 1.